The molecule has 0 bridgehead atoms. The molecule has 0 atom stereocenters. The van der Waals surface area contributed by atoms with Crippen LogP contribution in [0.15, 0.2) is 30.3 Å². The number of hydrogen-bond acceptors (Lipinski definition) is 5. The molecule has 1 aromatic heterocycles. The molecule has 2 N–H and O–H groups in total. The van der Waals surface area contributed by atoms with E-state index in [1.54, 1.807) is 0 Å². The highest BCUT2D eigenvalue weighted by molar-refractivity contribution is 5.96. The van der Waals surface area contributed by atoms with Crippen molar-refractivity contribution in [2.45, 2.75) is 20.0 Å². The molecule has 0 fully saturated rings. The summed E-state index contributed by atoms with van der Waals surface area (Å²) >= 11 is 0. The van der Waals surface area contributed by atoms with Crippen molar-refractivity contribution in [3.8, 4) is 0 Å². The maximum Gasteiger partial charge on any atom is 0.357 e. The van der Waals surface area contributed by atoms with Crippen molar-refractivity contribution < 1.29 is 14.3 Å². The van der Waals surface area contributed by atoms with Crippen LogP contribution in [0.5, 0.6) is 0 Å². The number of anilines is 1. The fourth-order valence-electron chi connectivity index (χ4n) is 1.80. The molecule has 1 heterocycles. The smallest absolute Gasteiger partial charge is 0.357 e. The van der Waals surface area contributed by atoms with E-state index in [-0.39, 0.29) is 18.4 Å². The first kappa shape index (κ1) is 14.3. The van der Waals surface area contributed by atoms with E-state index in [2.05, 4.69) is 4.98 Å². The average Bonchev–Trinajstić information content (AvgIpc) is 2.43. The van der Waals surface area contributed by atoms with Gasteiger partial charge in [-0.3, -0.25) is 0 Å². The van der Waals surface area contributed by atoms with E-state index in [1.165, 1.54) is 6.07 Å². The van der Waals surface area contributed by atoms with Crippen molar-refractivity contribution in [3.63, 3.8) is 0 Å². The Morgan fingerprint density at radius 3 is 2.80 bits per heavy atom. The third kappa shape index (κ3) is 3.45. The molecule has 0 unspecified atom stereocenters. The summed E-state index contributed by atoms with van der Waals surface area (Å²) in [5.41, 5.74) is 7.32. The Morgan fingerprint density at radius 2 is 2.05 bits per heavy atom. The van der Waals surface area contributed by atoms with Crippen LogP contribution in [0.1, 0.15) is 24.3 Å². The topological polar surface area (TPSA) is 74.4 Å². The summed E-state index contributed by atoms with van der Waals surface area (Å²) in [6.45, 7) is 4.42. The normalized spacial score (nSPS) is 10.9. The number of aromatic nitrogens is 1. The summed E-state index contributed by atoms with van der Waals surface area (Å²) < 4.78 is 10.4. The number of hydrogen-bond donors (Lipinski definition) is 1. The molecular formula is C15H18N2O3. The van der Waals surface area contributed by atoms with Crippen LogP contribution in [0.4, 0.5) is 5.69 Å². The number of carbonyl (C=O) groups excluding carboxylic acids is 1. The van der Waals surface area contributed by atoms with Gasteiger partial charge >= 0.3 is 5.97 Å². The van der Waals surface area contributed by atoms with Gasteiger partial charge in [-0.25, -0.2) is 9.78 Å². The molecule has 0 saturated heterocycles. The number of ether oxygens (including phenoxy) is 2. The first-order valence-corrected chi connectivity index (χ1v) is 6.52. The fourth-order valence-corrected chi connectivity index (χ4v) is 1.80. The third-order valence-electron chi connectivity index (χ3n) is 2.72. The van der Waals surface area contributed by atoms with Gasteiger partial charge in [-0.2, -0.15) is 0 Å². The van der Waals surface area contributed by atoms with E-state index in [4.69, 9.17) is 15.2 Å². The predicted octanol–water partition coefficient (Wildman–Crippen LogP) is 2.40. The number of nitrogen functional groups attached to an aromatic ring is 1. The summed E-state index contributed by atoms with van der Waals surface area (Å²) in [4.78, 5) is 16.1. The van der Waals surface area contributed by atoms with Crippen molar-refractivity contribution >= 4 is 22.6 Å². The van der Waals surface area contributed by atoms with E-state index in [9.17, 15) is 4.79 Å². The molecule has 0 aliphatic carbocycles. The van der Waals surface area contributed by atoms with Crippen molar-refractivity contribution in [1.29, 1.82) is 0 Å². The molecule has 20 heavy (non-hydrogen) atoms. The van der Waals surface area contributed by atoms with Crippen molar-refractivity contribution in [1.82, 2.24) is 4.98 Å². The van der Waals surface area contributed by atoms with Crippen LogP contribution in [0.25, 0.3) is 10.9 Å². The Balaban J connectivity index is 2.07. The molecule has 5 nitrogen and oxygen atoms in total. The highest BCUT2D eigenvalue weighted by atomic mass is 16.6. The number of nitrogens with zero attached hydrogens (tertiary/aromatic N) is 1. The van der Waals surface area contributed by atoms with Gasteiger partial charge in [-0.05, 0) is 26.0 Å². The van der Waals surface area contributed by atoms with Gasteiger partial charge < -0.3 is 15.2 Å². The summed E-state index contributed by atoms with van der Waals surface area (Å²) in [7, 11) is 0. The fraction of sp³-hybridized carbons (Fsp3) is 0.333. The van der Waals surface area contributed by atoms with E-state index in [0.717, 1.165) is 5.39 Å². The summed E-state index contributed by atoms with van der Waals surface area (Å²) in [5.74, 6) is -0.491. The van der Waals surface area contributed by atoms with Crippen molar-refractivity contribution in [2.24, 2.45) is 0 Å². The van der Waals surface area contributed by atoms with E-state index in [0.29, 0.717) is 17.8 Å². The number of fused-ring (bicyclic) bond motifs is 1. The number of nitrogens with two attached hydrogens (primary N) is 1. The van der Waals surface area contributed by atoms with Gasteiger partial charge in [-0.1, -0.05) is 18.2 Å². The predicted molar refractivity (Wildman–Crippen MR) is 77.5 cm³/mol. The highest BCUT2D eigenvalue weighted by Gasteiger charge is 2.12. The lowest BCUT2D eigenvalue weighted by molar-refractivity contribution is 0.0173. The largest absolute Gasteiger partial charge is 0.459 e. The zero-order chi connectivity index (χ0) is 14.5. The molecule has 0 spiro atoms. The molecule has 0 saturated carbocycles. The summed E-state index contributed by atoms with van der Waals surface area (Å²) in [5, 5.41) is 0.826. The summed E-state index contributed by atoms with van der Waals surface area (Å²) in [6.07, 6.45) is 0.114. The maximum atomic E-state index is 11.9. The standard InChI is InChI=1S/C15H18N2O3/c1-10(2)19-7-8-20-15(18)14-9-12(16)11-5-3-4-6-13(11)17-14/h3-6,9-10H,7-8H2,1-2H3,(H2,16,17). The van der Waals surface area contributed by atoms with Crippen LogP contribution in [-0.2, 0) is 9.47 Å². The van der Waals surface area contributed by atoms with Crippen LogP contribution in [0, 0.1) is 0 Å². The molecule has 2 rings (SSSR count). The third-order valence-corrected chi connectivity index (χ3v) is 2.72. The molecule has 106 valence electrons. The van der Waals surface area contributed by atoms with Crippen LogP contribution >= 0.6 is 0 Å². The second kappa shape index (κ2) is 6.34. The van der Waals surface area contributed by atoms with Gasteiger partial charge in [0.15, 0.2) is 5.69 Å². The molecule has 2 aromatic rings. The Labute approximate surface area is 117 Å². The summed E-state index contributed by atoms with van der Waals surface area (Å²) in [6, 6.07) is 8.93. The zero-order valence-corrected chi connectivity index (χ0v) is 11.6. The lowest BCUT2D eigenvalue weighted by Crippen LogP contribution is -2.14. The maximum absolute atomic E-state index is 11.9. The minimum absolute atomic E-state index is 0.114. The number of para-hydroxylation sites is 1. The number of carbonyl (C=O) groups is 1. The second-order valence-electron chi connectivity index (χ2n) is 4.67. The first-order chi connectivity index (χ1) is 9.58. The average molecular weight is 274 g/mol. The molecule has 5 heteroatoms. The number of pyridine rings is 1. The van der Waals surface area contributed by atoms with Gasteiger partial charge in [-0.15, -0.1) is 0 Å². The molecule has 1 aromatic carbocycles. The van der Waals surface area contributed by atoms with Crippen molar-refractivity contribution in [3.05, 3.63) is 36.0 Å². The minimum Gasteiger partial charge on any atom is -0.459 e. The molecule has 0 aliphatic heterocycles. The van der Waals surface area contributed by atoms with Crippen LogP contribution in [0.3, 0.4) is 0 Å². The van der Waals surface area contributed by atoms with Gasteiger partial charge in [0, 0.05) is 11.1 Å². The van der Waals surface area contributed by atoms with E-state index in [1.807, 2.05) is 38.1 Å². The lowest BCUT2D eigenvalue weighted by atomic mass is 10.1. The van der Waals surface area contributed by atoms with E-state index < -0.39 is 5.97 Å². The number of rotatable bonds is 5. The van der Waals surface area contributed by atoms with Crippen LogP contribution in [0.2, 0.25) is 0 Å². The Bertz CT molecular complexity index is 611. The van der Waals surface area contributed by atoms with Gasteiger partial charge in [0.05, 0.1) is 18.2 Å². The zero-order valence-electron chi connectivity index (χ0n) is 11.6. The van der Waals surface area contributed by atoms with Gasteiger partial charge in [0.2, 0.25) is 0 Å². The molecular weight excluding hydrogens is 256 g/mol. The monoisotopic (exact) mass is 274 g/mol. The molecule has 0 radical (unpaired) electrons. The van der Waals surface area contributed by atoms with Gasteiger partial charge in [0.1, 0.15) is 6.61 Å². The second-order valence-corrected chi connectivity index (χ2v) is 4.67. The van der Waals surface area contributed by atoms with Gasteiger partial charge in [0.25, 0.3) is 0 Å². The van der Waals surface area contributed by atoms with E-state index >= 15 is 0 Å². The highest BCUT2D eigenvalue weighted by Crippen LogP contribution is 2.20. The number of benzene rings is 1. The molecule has 0 aliphatic rings. The van der Waals surface area contributed by atoms with Crippen LogP contribution in [-0.4, -0.2) is 30.3 Å². The molecule has 0 amide bonds. The van der Waals surface area contributed by atoms with Crippen molar-refractivity contribution in [2.75, 3.05) is 18.9 Å². The minimum atomic E-state index is -0.491. The Hall–Kier alpha value is -2.14. The Morgan fingerprint density at radius 1 is 1.30 bits per heavy atom. The SMILES string of the molecule is CC(C)OCCOC(=O)c1cc(N)c2ccccc2n1. The quantitative estimate of drug-likeness (QED) is 0.669. The first-order valence-electron chi connectivity index (χ1n) is 6.52. The Kier molecular flexibility index (Phi) is 4.53. The van der Waals surface area contributed by atoms with Crippen LogP contribution < -0.4 is 5.73 Å². The number of esters is 1. The lowest BCUT2D eigenvalue weighted by Gasteiger charge is -2.09.